The fourth-order valence-electron chi connectivity index (χ4n) is 1.07. The number of benzene rings is 1. The number of nitrogens with two attached hydrogens (primary N) is 1. The summed E-state index contributed by atoms with van der Waals surface area (Å²) in [6.45, 7) is 3.54. The van der Waals surface area contributed by atoms with E-state index in [9.17, 15) is 9.59 Å². The number of anilines is 1. The Balaban J connectivity index is 2.83. The number of aryl methyl sites for hydroxylation is 1. The van der Waals surface area contributed by atoms with Crippen molar-refractivity contribution in [2.75, 3.05) is 5.73 Å². The van der Waals surface area contributed by atoms with Crippen molar-refractivity contribution in [1.82, 2.24) is 5.32 Å². The first-order valence-electron chi connectivity index (χ1n) is 4.75. The fraction of sp³-hybridized carbons (Fsp3) is 0.273. The summed E-state index contributed by atoms with van der Waals surface area (Å²) < 4.78 is 0. The van der Waals surface area contributed by atoms with Crippen molar-refractivity contribution in [2.45, 2.75) is 20.3 Å². The summed E-state index contributed by atoms with van der Waals surface area (Å²) in [7, 11) is 0. The first-order valence-corrected chi connectivity index (χ1v) is 4.75. The molecule has 4 nitrogen and oxygen atoms in total. The molecule has 1 aromatic rings. The van der Waals surface area contributed by atoms with E-state index in [2.05, 4.69) is 5.32 Å². The van der Waals surface area contributed by atoms with Gasteiger partial charge in [-0.2, -0.15) is 0 Å². The Bertz CT molecular complexity index is 400. The van der Waals surface area contributed by atoms with E-state index in [1.807, 2.05) is 6.92 Å². The maximum atomic E-state index is 11.5. The van der Waals surface area contributed by atoms with E-state index in [0.717, 1.165) is 5.56 Å². The van der Waals surface area contributed by atoms with E-state index in [1.54, 1.807) is 25.1 Å². The van der Waals surface area contributed by atoms with Crippen molar-refractivity contribution in [3.63, 3.8) is 0 Å². The summed E-state index contributed by atoms with van der Waals surface area (Å²) in [5, 5.41) is 2.26. The van der Waals surface area contributed by atoms with Gasteiger partial charge in [0.15, 0.2) is 0 Å². The normalized spacial score (nSPS) is 9.73. The molecule has 0 radical (unpaired) electrons. The Morgan fingerprint density at radius 1 is 1.40 bits per heavy atom. The molecule has 0 saturated heterocycles. The molecule has 0 aliphatic heterocycles. The quantitative estimate of drug-likeness (QED) is 0.715. The van der Waals surface area contributed by atoms with Crippen LogP contribution in [0.2, 0.25) is 0 Å². The Kier molecular flexibility index (Phi) is 3.44. The molecule has 0 aliphatic carbocycles. The number of carbonyl (C=O) groups excluding carboxylic acids is 2. The zero-order valence-electron chi connectivity index (χ0n) is 8.83. The third-order valence-corrected chi connectivity index (χ3v) is 2.12. The third kappa shape index (κ3) is 2.80. The topological polar surface area (TPSA) is 72.2 Å². The average molecular weight is 206 g/mol. The molecule has 1 rings (SSSR count). The van der Waals surface area contributed by atoms with Crippen molar-refractivity contribution in [3.05, 3.63) is 29.3 Å². The van der Waals surface area contributed by atoms with Crippen LogP contribution in [0.25, 0.3) is 0 Å². The van der Waals surface area contributed by atoms with Crippen molar-refractivity contribution in [3.8, 4) is 0 Å². The summed E-state index contributed by atoms with van der Waals surface area (Å²) >= 11 is 0. The largest absolute Gasteiger partial charge is 0.398 e. The molecule has 2 amide bonds. The molecule has 0 fully saturated rings. The zero-order chi connectivity index (χ0) is 11.4. The van der Waals surface area contributed by atoms with Gasteiger partial charge in [0.05, 0.1) is 0 Å². The minimum absolute atomic E-state index is 0.285. The van der Waals surface area contributed by atoms with Gasteiger partial charge in [-0.05, 0) is 24.6 Å². The first kappa shape index (κ1) is 11.2. The van der Waals surface area contributed by atoms with Crippen molar-refractivity contribution in [1.29, 1.82) is 0 Å². The second-order valence-electron chi connectivity index (χ2n) is 3.30. The molecule has 0 aliphatic rings. The van der Waals surface area contributed by atoms with Crippen molar-refractivity contribution in [2.24, 2.45) is 0 Å². The van der Waals surface area contributed by atoms with E-state index < -0.39 is 5.91 Å². The molecule has 4 heteroatoms. The minimum atomic E-state index is -0.409. The lowest BCUT2D eigenvalue weighted by Crippen LogP contribution is -2.29. The second-order valence-corrected chi connectivity index (χ2v) is 3.30. The highest BCUT2D eigenvalue weighted by Crippen LogP contribution is 2.12. The lowest BCUT2D eigenvalue weighted by molar-refractivity contribution is -0.119. The number of nitrogen functional groups attached to an aromatic ring is 1. The molecule has 3 N–H and O–H groups in total. The summed E-state index contributed by atoms with van der Waals surface area (Å²) in [6, 6.07) is 4.96. The highest BCUT2D eigenvalue weighted by Gasteiger charge is 2.09. The van der Waals surface area contributed by atoms with E-state index in [-0.39, 0.29) is 12.3 Å². The molecular weight excluding hydrogens is 192 g/mol. The van der Waals surface area contributed by atoms with Gasteiger partial charge in [0.25, 0.3) is 5.91 Å². The molecule has 1 aromatic carbocycles. The van der Waals surface area contributed by atoms with Crippen LogP contribution in [0.4, 0.5) is 5.69 Å². The van der Waals surface area contributed by atoms with Gasteiger partial charge in [-0.25, -0.2) is 0 Å². The molecule has 0 atom stereocenters. The molecule has 0 unspecified atom stereocenters. The smallest absolute Gasteiger partial charge is 0.257 e. The summed E-state index contributed by atoms with van der Waals surface area (Å²) in [4.78, 5) is 22.5. The number of carbonyl (C=O) groups is 2. The van der Waals surface area contributed by atoms with Crippen LogP contribution < -0.4 is 11.1 Å². The number of amides is 2. The lowest BCUT2D eigenvalue weighted by Gasteiger charge is -2.05. The van der Waals surface area contributed by atoms with E-state index >= 15 is 0 Å². The molecule has 0 saturated carbocycles. The van der Waals surface area contributed by atoms with Crippen LogP contribution in [-0.4, -0.2) is 11.8 Å². The Labute approximate surface area is 88.5 Å². The average Bonchev–Trinajstić information content (AvgIpc) is 2.21. The Hall–Kier alpha value is -1.84. The summed E-state index contributed by atoms with van der Waals surface area (Å²) in [6.07, 6.45) is 0.285. The van der Waals surface area contributed by atoms with E-state index in [4.69, 9.17) is 5.73 Å². The maximum absolute atomic E-state index is 11.5. The van der Waals surface area contributed by atoms with Crippen LogP contribution in [0.1, 0.15) is 29.3 Å². The molecule has 0 aromatic heterocycles. The second kappa shape index (κ2) is 4.59. The van der Waals surface area contributed by atoms with Gasteiger partial charge in [0.2, 0.25) is 5.91 Å². The van der Waals surface area contributed by atoms with Gasteiger partial charge in [-0.1, -0.05) is 13.0 Å². The molecule has 0 spiro atoms. The standard InChI is InChI=1S/C11H14N2O2/c1-3-10(14)13-11(15)8-5-4-7(2)9(12)6-8/h4-6H,3,12H2,1-2H3,(H,13,14,15). The van der Waals surface area contributed by atoms with Gasteiger partial charge >= 0.3 is 0 Å². The number of hydrogen-bond acceptors (Lipinski definition) is 3. The van der Waals surface area contributed by atoms with Gasteiger partial charge < -0.3 is 5.73 Å². The number of imide groups is 1. The molecular formula is C11H14N2O2. The first-order chi connectivity index (χ1) is 7.04. The van der Waals surface area contributed by atoms with Crippen LogP contribution in [0.5, 0.6) is 0 Å². The number of nitrogens with one attached hydrogen (secondary N) is 1. The predicted molar refractivity (Wildman–Crippen MR) is 58.4 cm³/mol. The number of hydrogen-bond donors (Lipinski definition) is 2. The zero-order valence-corrected chi connectivity index (χ0v) is 8.83. The van der Waals surface area contributed by atoms with Gasteiger partial charge in [-0.3, -0.25) is 14.9 Å². The van der Waals surface area contributed by atoms with Gasteiger partial charge in [0, 0.05) is 17.7 Å². The molecule has 15 heavy (non-hydrogen) atoms. The Morgan fingerprint density at radius 3 is 2.60 bits per heavy atom. The maximum Gasteiger partial charge on any atom is 0.257 e. The monoisotopic (exact) mass is 206 g/mol. The highest BCUT2D eigenvalue weighted by atomic mass is 16.2. The van der Waals surface area contributed by atoms with E-state index in [0.29, 0.717) is 11.3 Å². The van der Waals surface area contributed by atoms with E-state index in [1.165, 1.54) is 0 Å². The van der Waals surface area contributed by atoms with Crippen LogP contribution in [0, 0.1) is 6.92 Å². The highest BCUT2D eigenvalue weighted by molar-refractivity contribution is 6.05. The predicted octanol–water partition coefficient (Wildman–Crippen LogP) is 1.24. The summed E-state index contributed by atoms with van der Waals surface area (Å²) in [5.74, 6) is -0.701. The van der Waals surface area contributed by atoms with Gasteiger partial charge in [-0.15, -0.1) is 0 Å². The van der Waals surface area contributed by atoms with Crippen LogP contribution >= 0.6 is 0 Å². The minimum Gasteiger partial charge on any atom is -0.398 e. The van der Waals surface area contributed by atoms with Crippen molar-refractivity contribution >= 4 is 17.5 Å². The summed E-state index contributed by atoms with van der Waals surface area (Å²) in [5.41, 5.74) is 7.52. The Morgan fingerprint density at radius 2 is 2.07 bits per heavy atom. The number of rotatable bonds is 2. The molecule has 80 valence electrons. The molecule has 0 bridgehead atoms. The lowest BCUT2D eigenvalue weighted by atomic mass is 10.1. The molecule has 0 heterocycles. The van der Waals surface area contributed by atoms with Gasteiger partial charge in [0.1, 0.15) is 0 Å². The third-order valence-electron chi connectivity index (χ3n) is 2.12. The SMILES string of the molecule is CCC(=O)NC(=O)c1ccc(C)c(N)c1. The van der Waals surface area contributed by atoms with Crippen molar-refractivity contribution < 1.29 is 9.59 Å². The van der Waals surface area contributed by atoms with Crippen LogP contribution in [0.15, 0.2) is 18.2 Å². The van der Waals surface area contributed by atoms with Crippen LogP contribution in [0.3, 0.4) is 0 Å². The van der Waals surface area contributed by atoms with Crippen LogP contribution in [-0.2, 0) is 4.79 Å². The fourth-order valence-corrected chi connectivity index (χ4v) is 1.07.